The maximum Gasteiger partial charge on any atom is 0.341 e. The second-order valence-electron chi connectivity index (χ2n) is 7.43. The molecular weight excluding hydrogens is 444 g/mol. The van der Waals surface area contributed by atoms with Crippen LogP contribution in [0.5, 0.6) is 0 Å². The second kappa shape index (κ2) is 9.78. The highest BCUT2D eigenvalue weighted by molar-refractivity contribution is 7.17. The molecule has 170 valence electrons. The zero-order valence-electron chi connectivity index (χ0n) is 17.9. The van der Waals surface area contributed by atoms with Gasteiger partial charge < -0.3 is 15.0 Å². The summed E-state index contributed by atoms with van der Waals surface area (Å²) in [6, 6.07) is 8.88. The van der Waals surface area contributed by atoms with Gasteiger partial charge in [0.2, 0.25) is 0 Å². The van der Waals surface area contributed by atoms with Crippen LogP contribution in [0.4, 0.5) is 5.00 Å². The maximum absolute atomic E-state index is 12.5. The summed E-state index contributed by atoms with van der Waals surface area (Å²) >= 11 is 1.29. The average Bonchev–Trinajstić information content (AvgIpc) is 3.17. The number of anilines is 1. The number of hydrogen-bond acceptors (Lipinski definition) is 7. The number of thiophene rings is 1. The van der Waals surface area contributed by atoms with E-state index in [0.717, 1.165) is 41.5 Å². The topological polar surface area (TPSA) is 130 Å². The molecule has 0 saturated carbocycles. The molecule has 0 bridgehead atoms. The molecule has 3 N–H and O–H groups in total. The molecule has 0 aliphatic heterocycles. The summed E-state index contributed by atoms with van der Waals surface area (Å²) in [5.74, 6) is -2.51. The lowest BCUT2D eigenvalue weighted by atomic mass is 9.95. The highest BCUT2D eigenvalue weighted by atomic mass is 32.1. The summed E-state index contributed by atoms with van der Waals surface area (Å²) in [5, 5.41) is 7.35. The fourth-order valence-corrected chi connectivity index (χ4v) is 4.98. The van der Waals surface area contributed by atoms with Crippen molar-refractivity contribution in [3.63, 3.8) is 0 Å². The maximum atomic E-state index is 12.5. The highest BCUT2D eigenvalue weighted by Crippen LogP contribution is 2.38. The Balaban J connectivity index is 1.47. The Morgan fingerprint density at radius 3 is 2.79 bits per heavy atom. The molecule has 0 radical (unpaired) electrons. The van der Waals surface area contributed by atoms with E-state index in [2.05, 4.69) is 20.8 Å². The highest BCUT2D eigenvalue weighted by Gasteiger charge is 2.28. The third-order valence-electron chi connectivity index (χ3n) is 5.24. The molecule has 1 aliphatic carbocycles. The lowest BCUT2D eigenvalue weighted by Gasteiger charge is -2.12. The number of carbonyl (C=O) groups is 3. The zero-order chi connectivity index (χ0) is 23.4. The predicted octanol–water partition coefficient (Wildman–Crippen LogP) is 2.73. The number of aryl methyl sites for hydroxylation is 1. The Morgan fingerprint density at radius 1 is 1.18 bits per heavy atom. The Labute approximate surface area is 192 Å². The summed E-state index contributed by atoms with van der Waals surface area (Å²) in [6.07, 6.45) is 4.68. The van der Waals surface area contributed by atoms with Crippen LogP contribution >= 0.6 is 11.3 Å². The van der Waals surface area contributed by atoms with Crippen LogP contribution in [0.15, 0.2) is 40.2 Å². The fraction of sp³-hybridized carbons (Fsp3) is 0.261. The average molecular weight is 467 g/mol. The minimum Gasteiger partial charge on any atom is -0.462 e. The lowest BCUT2D eigenvalue weighted by Crippen LogP contribution is -2.32. The SMILES string of the molecule is CCOC(=O)c1c(NC(=O)C(=O)NN=Cc2cc3ccccc3[nH]c2=O)sc2c1CCCC2. The van der Waals surface area contributed by atoms with Gasteiger partial charge in [0.25, 0.3) is 5.56 Å². The molecule has 3 aromatic rings. The van der Waals surface area contributed by atoms with Crippen LogP contribution in [0.25, 0.3) is 10.9 Å². The molecule has 0 spiro atoms. The van der Waals surface area contributed by atoms with Crippen molar-refractivity contribution in [3.8, 4) is 0 Å². The largest absolute Gasteiger partial charge is 0.462 e. The number of para-hydroxylation sites is 1. The number of benzene rings is 1. The van der Waals surface area contributed by atoms with E-state index in [1.807, 2.05) is 18.2 Å². The van der Waals surface area contributed by atoms with Crippen molar-refractivity contribution in [2.45, 2.75) is 32.6 Å². The van der Waals surface area contributed by atoms with Gasteiger partial charge in [-0.05, 0) is 55.7 Å². The molecule has 0 fully saturated rings. The van der Waals surface area contributed by atoms with Crippen molar-refractivity contribution >= 4 is 51.2 Å². The molecule has 0 unspecified atom stereocenters. The van der Waals surface area contributed by atoms with Crippen LogP contribution in [-0.4, -0.2) is 35.6 Å². The van der Waals surface area contributed by atoms with Crippen LogP contribution in [-0.2, 0) is 27.2 Å². The summed E-state index contributed by atoms with van der Waals surface area (Å²) in [4.78, 5) is 53.1. The minimum absolute atomic E-state index is 0.208. The summed E-state index contributed by atoms with van der Waals surface area (Å²) in [6.45, 7) is 1.92. The van der Waals surface area contributed by atoms with E-state index in [4.69, 9.17) is 4.74 Å². The molecule has 10 heteroatoms. The van der Waals surface area contributed by atoms with Gasteiger partial charge in [0, 0.05) is 10.4 Å². The van der Waals surface area contributed by atoms with Gasteiger partial charge in [-0.25, -0.2) is 10.2 Å². The Hall–Kier alpha value is -3.79. The number of carbonyl (C=O) groups excluding carboxylic acids is 3. The first-order valence-corrected chi connectivity index (χ1v) is 11.4. The number of aromatic amines is 1. The van der Waals surface area contributed by atoms with E-state index in [1.165, 1.54) is 17.6 Å². The van der Waals surface area contributed by atoms with Crippen molar-refractivity contribution in [2.75, 3.05) is 11.9 Å². The Bertz CT molecular complexity index is 1320. The normalized spacial score (nSPS) is 13.0. The van der Waals surface area contributed by atoms with E-state index in [1.54, 1.807) is 19.1 Å². The third-order valence-corrected chi connectivity index (χ3v) is 6.44. The van der Waals surface area contributed by atoms with Gasteiger partial charge >= 0.3 is 17.8 Å². The van der Waals surface area contributed by atoms with E-state index < -0.39 is 17.8 Å². The molecule has 33 heavy (non-hydrogen) atoms. The molecule has 2 aromatic heterocycles. The molecule has 1 aliphatic rings. The van der Waals surface area contributed by atoms with E-state index in [9.17, 15) is 19.2 Å². The number of esters is 1. The van der Waals surface area contributed by atoms with Gasteiger partial charge in [-0.15, -0.1) is 11.3 Å². The molecular formula is C23H22N4O5S. The van der Waals surface area contributed by atoms with Crippen LogP contribution in [0.1, 0.15) is 46.1 Å². The molecule has 0 saturated heterocycles. The number of amides is 2. The molecule has 1 aromatic carbocycles. The summed E-state index contributed by atoms with van der Waals surface area (Å²) < 4.78 is 5.15. The number of pyridine rings is 1. The quantitative estimate of drug-likeness (QED) is 0.230. The number of hydrazone groups is 1. The van der Waals surface area contributed by atoms with Gasteiger partial charge in [0.15, 0.2) is 0 Å². The summed E-state index contributed by atoms with van der Waals surface area (Å²) in [5.41, 5.74) is 3.85. The summed E-state index contributed by atoms with van der Waals surface area (Å²) in [7, 11) is 0. The molecule has 2 amide bonds. The minimum atomic E-state index is -1.02. The lowest BCUT2D eigenvalue weighted by molar-refractivity contribution is -0.136. The first-order chi connectivity index (χ1) is 16.0. The molecule has 0 atom stereocenters. The Morgan fingerprint density at radius 2 is 1.97 bits per heavy atom. The number of ether oxygens (including phenoxy) is 1. The van der Waals surface area contributed by atoms with Crippen molar-refractivity contribution in [1.82, 2.24) is 10.4 Å². The number of hydrogen-bond donors (Lipinski definition) is 3. The fourth-order valence-electron chi connectivity index (χ4n) is 3.70. The first-order valence-electron chi connectivity index (χ1n) is 10.6. The van der Waals surface area contributed by atoms with Crippen LogP contribution < -0.4 is 16.3 Å². The van der Waals surface area contributed by atoms with Crippen molar-refractivity contribution in [2.24, 2.45) is 5.10 Å². The number of fused-ring (bicyclic) bond motifs is 2. The van der Waals surface area contributed by atoms with Crippen molar-refractivity contribution < 1.29 is 19.1 Å². The number of nitrogens with zero attached hydrogens (tertiary/aromatic N) is 1. The van der Waals surface area contributed by atoms with E-state index in [0.29, 0.717) is 16.1 Å². The number of aromatic nitrogens is 1. The van der Waals surface area contributed by atoms with Crippen LogP contribution in [0.3, 0.4) is 0 Å². The van der Waals surface area contributed by atoms with E-state index >= 15 is 0 Å². The van der Waals surface area contributed by atoms with Crippen LogP contribution in [0, 0.1) is 0 Å². The van der Waals surface area contributed by atoms with E-state index in [-0.39, 0.29) is 17.7 Å². The molecule has 2 heterocycles. The third kappa shape index (κ3) is 4.85. The smallest absolute Gasteiger partial charge is 0.341 e. The number of H-pyrrole nitrogens is 1. The second-order valence-corrected chi connectivity index (χ2v) is 8.53. The van der Waals surface area contributed by atoms with Gasteiger partial charge in [-0.3, -0.25) is 14.4 Å². The van der Waals surface area contributed by atoms with Gasteiger partial charge in [0.05, 0.1) is 23.9 Å². The van der Waals surface area contributed by atoms with Gasteiger partial charge in [-0.2, -0.15) is 5.10 Å². The predicted molar refractivity (Wildman–Crippen MR) is 126 cm³/mol. The van der Waals surface area contributed by atoms with Crippen molar-refractivity contribution in [1.29, 1.82) is 0 Å². The van der Waals surface area contributed by atoms with Gasteiger partial charge in [0.1, 0.15) is 5.00 Å². The Kier molecular flexibility index (Phi) is 6.64. The number of rotatable bonds is 5. The number of nitrogens with one attached hydrogen (secondary N) is 3. The molecule has 4 rings (SSSR count). The first kappa shape index (κ1) is 22.4. The van der Waals surface area contributed by atoms with Gasteiger partial charge in [-0.1, -0.05) is 18.2 Å². The monoisotopic (exact) mass is 466 g/mol. The van der Waals surface area contributed by atoms with Crippen LogP contribution in [0.2, 0.25) is 0 Å². The molecule has 9 nitrogen and oxygen atoms in total. The standard InChI is InChI=1S/C23H22N4O5S/c1-2-32-23(31)18-15-8-4-6-10-17(15)33-22(18)26-20(29)21(30)27-24-12-14-11-13-7-3-5-9-16(13)25-19(14)28/h3,5,7,9,11-12H,2,4,6,8,10H2,1H3,(H,25,28)(H,26,29)(H,27,30). The van der Waals surface area contributed by atoms with Crippen molar-refractivity contribution in [3.05, 3.63) is 62.3 Å². The zero-order valence-corrected chi connectivity index (χ0v) is 18.7.